The minimum Gasteiger partial charge on any atom is -0.394 e. The molecule has 0 radical (unpaired) electrons. The molecule has 208 valence electrons. The predicted molar refractivity (Wildman–Crippen MR) is 154 cm³/mol. The van der Waals surface area contributed by atoms with E-state index in [0.717, 1.165) is 43.6 Å². The number of piperazine rings is 1. The third-order valence-electron chi connectivity index (χ3n) is 8.39. The Hall–Kier alpha value is -3.96. The van der Waals surface area contributed by atoms with Crippen molar-refractivity contribution in [2.45, 2.75) is 39.2 Å². The van der Waals surface area contributed by atoms with E-state index >= 15 is 0 Å². The van der Waals surface area contributed by atoms with Crippen molar-refractivity contribution in [1.82, 2.24) is 9.88 Å². The van der Waals surface area contributed by atoms with Gasteiger partial charge in [-0.15, -0.1) is 0 Å². The van der Waals surface area contributed by atoms with Crippen molar-refractivity contribution in [3.63, 3.8) is 0 Å². The number of carbonyl (C=O) groups is 1. The summed E-state index contributed by atoms with van der Waals surface area (Å²) in [6.45, 7) is 6.82. The van der Waals surface area contributed by atoms with Crippen LogP contribution in [0.15, 0.2) is 54.7 Å². The molecule has 1 amide bonds. The maximum Gasteiger partial charge on any atom is 0.254 e. The number of piperidine rings is 1. The molecule has 2 aliphatic heterocycles. The van der Waals surface area contributed by atoms with Crippen LogP contribution in [0.25, 0.3) is 0 Å². The SMILES string of the molecule is Cc1cc(C)c(C(=O)N2CCN(c3ncccc3F)[C@@H](CO)C2)cc1CC1CCN(c2ccccc2C#N)CC1. The zero-order chi connectivity index (χ0) is 28.2. The Morgan fingerprint density at radius 1 is 1.07 bits per heavy atom. The van der Waals surface area contributed by atoms with Crippen molar-refractivity contribution in [3.05, 3.63) is 88.4 Å². The zero-order valence-corrected chi connectivity index (χ0v) is 23.2. The highest BCUT2D eigenvalue weighted by molar-refractivity contribution is 5.96. The van der Waals surface area contributed by atoms with Crippen LogP contribution in [0.5, 0.6) is 0 Å². The summed E-state index contributed by atoms with van der Waals surface area (Å²) in [4.78, 5) is 23.7. The number of benzene rings is 2. The fraction of sp³-hybridized carbons (Fsp3) is 0.406. The van der Waals surface area contributed by atoms with Gasteiger partial charge in [0.15, 0.2) is 11.6 Å². The molecule has 2 saturated heterocycles. The second-order valence-corrected chi connectivity index (χ2v) is 10.9. The second-order valence-electron chi connectivity index (χ2n) is 10.9. The fourth-order valence-electron chi connectivity index (χ4n) is 6.11. The van der Waals surface area contributed by atoms with Crippen LogP contribution in [-0.2, 0) is 6.42 Å². The Bertz CT molecular complexity index is 1410. The molecular formula is C32H36FN5O2. The second kappa shape index (κ2) is 12.1. The van der Waals surface area contributed by atoms with E-state index in [4.69, 9.17) is 0 Å². The molecular weight excluding hydrogens is 505 g/mol. The highest BCUT2D eigenvalue weighted by Crippen LogP contribution is 2.30. The molecule has 0 bridgehead atoms. The first-order valence-corrected chi connectivity index (χ1v) is 14.0. The predicted octanol–water partition coefficient (Wildman–Crippen LogP) is 4.49. The summed E-state index contributed by atoms with van der Waals surface area (Å²) in [7, 11) is 0. The van der Waals surface area contributed by atoms with E-state index in [1.54, 1.807) is 15.9 Å². The van der Waals surface area contributed by atoms with Crippen LogP contribution in [0.2, 0.25) is 0 Å². The van der Waals surface area contributed by atoms with Crippen LogP contribution in [0, 0.1) is 36.9 Å². The Morgan fingerprint density at radius 2 is 1.85 bits per heavy atom. The molecule has 1 atom stereocenters. The minimum atomic E-state index is -0.431. The molecule has 2 aromatic carbocycles. The van der Waals surface area contributed by atoms with Crippen LogP contribution >= 0.6 is 0 Å². The van der Waals surface area contributed by atoms with Crippen molar-refractivity contribution < 1.29 is 14.3 Å². The van der Waals surface area contributed by atoms with Gasteiger partial charge in [0, 0.05) is 44.5 Å². The van der Waals surface area contributed by atoms with Gasteiger partial charge in [-0.05, 0) is 86.1 Å². The third kappa shape index (κ3) is 5.66. The molecule has 8 heteroatoms. The normalized spacial score (nSPS) is 18.1. The molecule has 3 aromatic rings. The van der Waals surface area contributed by atoms with Gasteiger partial charge in [-0.2, -0.15) is 5.26 Å². The molecule has 40 heavy (non-hydrogen) atoms. The van der Waals surface area contributed by atoms with Crippen LogP contribution in [-0.4, -0.2) is 66.3 Å². The monoisotopic (exact) mass is 541 g/mol. The maximum atomic E-state index is 14.4. The highest BCUT2D eigenvalue weighted by Gasteiger charge is 2.32. The lowest BCUT2D eigenvalue weighted by Gasteiger charge is -2.41. The Morgan fingerprint density at radius 3 is 2.58 bits per heavy atom. The largest absolute Gasteiger partial charge is 0.394 e. The Labute approximate surface area is 235 Å². The molecule has 0 spiro atoms. The van der Waals surface area contributed by atoms with Gasteiger partial charge < -0.3 is 19.8 Å². The minimum absolute atomic E-state index is 0.0544. The van der Waals surface area contributed by atoms with E-state index in [9.17, 15) is 19.6 Å². The molecule has 1 aromatic heterocycles. The average molecular weight is 542 g/mol. The standard InChI is InChI=1S/C32H36FN5O2/c1-22-16-23(2)28(32(40)37-14-15-38(27(20-37)21-39)31-29(33)7-5-11-35-31)18-26(22)17-24-9-12-36(13-10-24)30-8-4-3-6-25(30)19-34/h3-8,11,16,18,24,27,39H,9-10,12-15,17,20-21H2,1-2H3/t27-/m1/s1. The van der Waals surface area contributed by atoms with Crippen molar-refractivity contribution in [3.8, 4) is 6.07 Å². The van der Waals surface area contributed by atoms with Gasteiger partial charge in [-0.1, -0.05) is 18.2 Å². The number of aliphatic hydroxyl groups is 1. The number of rotatable bonds is 6. The molecule has 0 saturated carbocycles. The summed E-state index contributed by atoms with van der Waals surface area (Å²) < 4.78 is 14.4. The van der Waals surface area contributed by atoms with Gasteiger partial charge in [0.2, 0.25) is 0 Å². The lowest BCUT2D eigenvalue weighted by molar-refractivity contribution is 0.0697. The lowest BCUT2D eigenvalue weighted by Crippen LogP contribution is -2.56. The summed E-state index contributed by atoms with van der Waals surface area (Å²) in [6, 6.07) is 16.7. The number of pyridine rings is 1. The van der Waals surface area contributed by atoms with Gasteiger partial charge in [-0.25, -0.2) is 9.37 Å². The molecule has 5 rings (SSSR count). The molecule has 2 fully saturated rings. The van der Waals surface area contributed by atoms with Crippen molar-refractivity contribution in [2.24, 2.45) is 5.92 Å². The molecule has 2 aliphatic rings. The number of hydrogen-bond donors (Lipinski definition) is 1. The van der Waals surface area contributed by atoms with E-state index in [0.29, 0.717) is 36.7 Å². The maximum absolute atomic E-state index is 14.4. The van der Waals surface area contributed by atoms with Gasteiger partial charge in [-0.3, -0.25) is 4.79 Å². The highest BCUT2D eigenvalue weighted by atomic mass is 19.1. The van der Waals surface area contributed by atoms with E-state index in [1.165, 1.54) is 23.4 Å². The summed E-state index contributed by atoms with van der Waals surface area (Å²) >= 11 is 0. The van der Waals surface area contributed by atoms with Crippen LogP contribution < -0.4 is 9.80 Å². The van der Waals surface area contributed by atoms with Gasteiger partial charge in [0.1, 0.15) is 6.07 Å². The van der Waals surface area contributed by atoms with Gasteiger partial charge in [0.05, 0.1) is 23.9 Å². The summed E-state index contributed by atoms with van der Waals surface area (Å²) in [5.74, 6) is 0.233. The number of hydrogen-bond acceptors (Lipinski definition) is 6. The van der Waals surface area contributed by atoms with Crippen molar-refractivity contribution in [1.29, 1.82) is 5.26 Å². The summed E-state index contributed by atoms with van der Waals surface area (Å²) in [5, 5.41) is 19.6. The molecule has 7 nitrogen and oxygen atoms in total. The zero-order valence-electron chi connectivity index (χ0n) is 23.2. The first kappa shape index (κ1) is 27.6. The smallest absolute Gasteiger partial charge is 0.254 e. The first-order chi connectivity index (χ1) is 19.4. The quantitative estimate of drug-likeness (QED) is 0.495. The third-order valence-corrected chi connectivity index (χ3v) is 8.39. The van der Waals surface area contributed by atoms with E-state index in [-0.39, 0.29) is 18.3 Å². The number of aromatic nitrogens is 1. The number of para-hydroxylation sites is 1. The fourth-order valence-corrected chi connectivity index (χ4v) is 6.11. The Kier molecular flexibility index (Phi) is 8.32. The van der Waals surface area contributed by atoms with Crippen LogP contribution in [0.4, 0.5) is 15.9 Å². The van der Waals surface area contributed by atoms with E-state index < -0.39 is 11.9 Å². The number of amides is 1. The molecule has 0 aliphatic carbocycles. The molecule has 0 unspecified atom stereocenters. The first-order valence-electron chi connectivity index (χ1n) is 14.0. The summed E-state index contributed by atoms with van der Waals surface area (Å²) in [6.07, 6.45) is 4.50. The van der Waals surface area contributed by atoms with E-state index in [2.05, 4.69) is 35.0 Å². The van der Waals surface area contributed by atoms with Crippen molar-refractivity contribution >= 4 is 17.4 Å². The molecule has 1 N–H and O–H groups in total. The number of anilines is 2. The van der Waals surface area contributed by atoms with E-state index in [1.807, 2.05) is 31.2 Å². The lowest BCUT2D eigenvalue weighted by atomic mass is 9.86. The van der Waals surface area contributed by atoms with Crippen LogP contribution in [0.3, 0.4) is 0 Å². The number of aryl methyl sites for hydroxylation is 2. The summed E-state index contributed by atoms with van der Waals surface area (Å²) in [5.41, 5.74) is 5.73. The number of nitriles is 1. The van der Waals surface area contributed by atoms with Crippen LogP contribution in [0.1, 0.15) is 45.5 Å². The molecule has 3 heterocycles. The van der Waals surface area contributed by atoms with Gasteiger partial charge >= 0.3 is 0 Å². The van der Waals surface area contributed by atoms with Gasteiger partial charge in [0.25, 0.3) is 5.91 Å². The number of nitrogens with zero attached hydrogens (tertiary/aromatic N) is 5. The van der Waals surface area contributed by atoms with Crippen molar-refractivity contribution in [2.75, 3.05) is 49.1 Å². The number of halogens is 1. The number of aliphatic hydroxyl groups excluding tert-OH is 1. The topological polar surface area (TPSA) is 83.7 Å². The number of carbonyl (C=O) groups excluding carboxylic acids is 1. The Balaban J connectivity index is 1.26. The average Bonchev–Trinajstić information content (AvgIpc) is 2.98.